The van der Waals surface area contributed by atoms with E-state index in [1.807, 2.05) is 0 Å². The first-order chi connectivity index (χ1) is 12.6. The highest BCUT2D eigenvalue weighted by Crippen LogP contribution is 2.31. The van der Waals surface area contributed by atoms with Crippen LogP contribution in [0, 0.1) is 11.8 Å². The molecule has 0 radical (unpaired) electrons. The van der Waals surface area contributed by atoms with Crippen molar-refractivity contribution in [3.63, 3.8) is 0 Å². The molecule has 1 aliphatic rings. The Labute approximate surface area is 181 Å². The molecule has 0 spiro atoms. The number of hydrogen-bond acceptors (Lipinski definition) is 4. The molecule has 0 saturated heterocycles. The van der Waals surface area contributed by atoms with Gasteiger partial charge in [0.05, 0.1) is 5.02 Å². The fourth-order valence-corrected chi connectivity index (χ4v) is 3.39. The Hall–Kier alpha value is -1.86. The number of amides is 2. The number of carbonyl (C=O) groups excluding carboxylic acids is 2. The molecule has 1 aromatic heterocycles. The standard InChI is InChI=1S/C19H21ClN4O2.2ClH/c20-14-7-8-17(22-11-14)24-18(25)12-3-1-5-15(9-12)23-19(26)16-6-2-4-13(16)10-21;;/h1,3,5,7-9,11,13,16H,2,4,6,10,21H2,(H,23,26)(H,22,24,25);2*1H/t13-,16-;;/m1../s1. The van der Waals surface area contributed by atoms with Gasteiger partial charge in [-0.25, -0.2) is 4.98 Å². The summed E-state index contributed by atoms with van der Waals surface area (Å²) >= 11 is 5.79. The number of halogens is 3. The van der Waals surface area contributed by atoms with Crippen molar-refractivity contribution in [3.8, 4) is 0 Å². The fraction of sp³-hybridized carbons (Fsp3) is 0.316. The lowest BCUT2D eigenvalue weighted by molar-refractivity contribution is -0.120. The van der Waals surface area contributed by atoms with E-state index in [4.69, 9.17) is 17.3 Å². The van der Waals surface area contributed by atoms with Crippen LogP contribution in [0.2, 0.25) is 5.02 Å². The number of hydrogen-bond donors (Lipinski definition) is 3. The number of nitrogens with zero attached hydrogens (tertiary/aromatic N) is 1. The fourth-order valence-electron chi connectivity index (χ4n) is 3.28. The Morgan fingerprint density at radius 1 is 1.14 bits per heavy atom. The summed E-state index contributed by atoms with van der Waals surface area (Å²) in [5.41, 5.74) is 6.78. The van der Waals surface area contributed by atoms with E-state index in [0.29, 0.717) is 28.6 Å². The highest BCUT2D eigenvalue weighted by molar-refractivity contribution is 6.30. The van der Waals surface area contributed by atoms with Crippen molar-refractivity contribution in [3.05, 3.63) is 53.2 Å². The second-order valence-electron chi connectivity index (χ2n) is 6.42. The normalized spacial score (nSPS) is 17.8. The maximum absolute atomic E-state index is 12.5. The number of rotatable bonds is 5. The number of nitrogens with one attached hydrogen (secondary N) is 2. The predicted molar refractivity (Wildman–Crippen MR) is 117 cm³/mol. The van der Waals surface area contributed by atoms with Gasteiger partial charge in [0.2, 0.25) is 5.91 Å². The van der Waals surface area contributed by atoms with Crippen molar-refractivity contribution >= 4 is 59.7 Å². The third-order valence-corrected chi connectivity index (χ3v) is 4.88. The highest BCUT2D eigenvalue weighted by Gasteiger charge is 2.31. The molecule has 0 bridgehead atoms. The van der Waals surface area contributed by atoms with Gasteiger partial charge in [-0.2, -0.15) is 0 Å². The molecule has 0 unspecified atom stereocenters. The molecule has 3 rings (SSSR count). The summed E-state index contributed by atoms with van der Waals surface area (Å²) in [4.78, 5) is 28.9. The Kier molecular flexibility index (Phi) is 9.69. The van der Waals surface area contributed by atoms with Crippen LogP contribution in [-0.4, -0.2) is 23.3 Å². The lowest BCUT2D eigenvalue weighted by Crippen LogP contribution is -2.29. The average molecular weight is 446 g/mol. The van der Waals surface area contributed by atoms with Crippen molar-refractivity contribution < 1.29 is 9.59 Å². The number of pyridine rings is 1. The molecule has 1 heterocycles. The molecular weight excluding hydrogens is 423 g/mol. The molecule has 1 saturated carbocycles. The first-order valence-electron chi connectivity index (χ1n) is 8.60. The molecule has 2 atom stereocenters. The van der Waals surface area contributed by atoms with Gasteiger partial charge in [-0.1, -0.05) is 24.1 Å². The van der Waals surface area contributed by atoms with Crippen LogP contribution < -0.4 is 16.4 Å². The topological polar surface area (TPSA) is 97.1 Å². The van der Waals surface area contributed by atoms with Gasteiger partial charge in [0.15, 0.2) is 0 Å². The monoisotopic (exact) mass is 444 g/mol. The highest BCUT2D eigenvalue weighted by atomic mass is 35.5. The Balaban J connectivity index is 0.00000196. The van der Waals surface area contributed by atoms with Gasteiger partial charge in [0.25, 0.3) is 5.91 Å². The molecule has 2 amide bonds. The van der Waals surface area contributed by atoms with Crippen LogP contribution in [0.1, 0.15) is 29.6 Å². The molecule has 0 aliphatic heterocycles. The van der Waals surface area contributed by atoms with Crippen LogP contribution in [0.25, 0.3) is 0 Å². The van der Waals surface area contributed by atoms with E-state index < -0.39 is 0 Å². The third kappa shape index (κ3) is 6.07. The van der Waals surface area contributed by atoms with Crippen LogP contribution in [0.15, 0.2) is 42.6 Å². The summed E-state index contributed by atoms with van der Waals surface area (Å²) in [6, 6.07) is 10.1. The van der Waals surface area contributed by atoms with Crippen molar-refractivity contribution in [2.45, 2.75) is 19.3 Å². The van der Waals surface area contributed by atoms with Gasteiger partial charge in [0.1, 0.15) is 5.82 Å². The van der Waals surface area contributed by atoms with E-state index in [1.54, 1.807) is 36.4 Å². The zero-order valence-corrected chi connectivity index (χ0v) is 17.4. The van der Waals surface area contributed by atoms with Crippen molar-refractivity contribution in [1.29, 1.82) is 0 Å². The molecule has 1 aliphatic carbocycles. The number of aromatic nitrogens is 1. The smallest absolute Gasteiger partial charge is 0.256 e. The van der Waals surface area contributed by atoms with E-state index in [2.05, 4.69) is 15.6 Å². The lowest BCUT2D eigenvalue weighted by Gasteiger charge is -2.17. The van der Waals surface area contributed by atoms with Crippen LogP contribution in [0.3, 0.4) is 0 Å². The van der Waals surface area contributed by atoms with Crippen LogP contribution >= 0.6 is 36.4 Å². The first kappa shape index (κ1) is 24.2. The second-order valence-corrected chi connectivity index (χ2v) is 6.86. The largest absolute Gasteiger partial charge is 0.330 e. The van der Waals surface area contributed by atoms with Gasteiger partial charge in [0, 0.05) is 23.4 Å². The van der Waals surface area contributed by atoms with Crippen LogP contribution in [0.5, 0.6) is 0 Å². The summed E-state index contributed by atoms with van der Waals surface area (Å²) in [5, 5.41) is 6.10. The van der Waals surface area contributed by atoms with Crippen molar-refractivity contribution in [2.75, 3.05) is 17.2 Å². The van der Waals surface area contributed by atoms with E-state index in [0.717, 1.165) is 19.3 Å². The van der Waals surface area contributed by atoms with Gasteiger partial charge in [-0.15, -0.1) is 24.8 Å². The zero-order chi connectivity index (χ0) is 18.5. The summed E-state index contributed by atoms with van der Waals surface area (Å²) in [6.45, 7) is 0.522. The van der Waals surface area contributed by atoms with E-state index in [1.165, 1.54) is 6.20 Å². The second kappa shape index (κ2) is 11.2. The van der Waals surface area contributed by atoms with Gasteiger partial charge in [-0.3, -0.25) is 9.59 Å². The van der Waals surface area contributed by atoms with Crippen molar-refractivity contribution in [2.24, 2.45) is 17.6 Å². The Bertz CT molecular complexity index is 802. The minimum absolute atomic E-state index is 0. The number of carbonyl (C=O) groups is 2. The third-order valence-electron chi connectivity index (χ3n) is 4.66. The van der Waals surface area contributed by atoms with Crippen molar-refractivity contribution in [1.82, 2.24) is 4.98 Å². The quantitative estimate of drug-likeness (QED) is 0.644. The van der Waals surface area contributed by atoms with E-state index in [-0.39, 0.29) is 48.5 Å². The molecular formula is C19H23Cl3N4O2. The molecule has 2 aromatic rings. The Morgan fingerprint density at radius 2 is 1.93 bits per heavy atom. The number of anilines is 2. The first-order valence-corrected chi connectivity index (χ1v) is 8.98. The zero-order valence-electron chi connectivity index (χ0n) is 15.1. The van der Waals surface area contributed by atoms with E-state index >= 15 is 0 Å². The van der Waals surface area contributed by atoms with Crippen LogP contribution in [0.4, 0.5) is 11.5 Å². The lowest BCUT2D eigenvalue weighted by atomic mass is 9.95. The Morgan fingerprint density at radius 3 is 2.61 bits per heavy atom. The van der Waals surface area contributed by atoms with Gasteiger partial charge < -0.3 is 16.4 Å². The van der Waals surface area contributed by atoms with Gasteiger partial charge >= 0.3 is 0 Å². The minimum atomic E-state index is -0.309. The van der Waals surface area contributed by atoms with Gasteiger partial charge in [-0.05, 0) is 55.6 Å². The number of benzene rings is 1. The summed E-state index contributed by atoms with van der Waals surface area (Å²) in [5.74, 6) is 0.241. The SMILES string of the molecule is Cl.Cl.NC[C@H]1CCC[C@H]1C(=O)Nc1cccc(C(=O)Nc2ccc(Cl)cn2)c1. The average Bonchev–Trinajstić information content (AvgIpc) is 3.13. The maximum Gasteiger partial charge on any atom is 0.256 e. The molecule has 9 heteroatoms. The number of nitrogens with two attached hydrogens (primary N) is 1. The predicted octanol–water partition coefficient (Wildman–Crippen LogP) is 4.14. The maximum atomic E-state index is 12.5. The van der Waals surface area contributed by atoms with E-state index in [9.17, 15) is 9.59 Å². The molecule has 1 aromatic carbocycles. The van der Waals surface area contributed by atoms with Crippen LogP contribution in [-0.2, 0) is 4.79 Å². The summed E-state index contributed by atoms with van der Waals surface area (Å²) in [7, 11) is 0. The molecule has 152 valence electrons. The minimum Gasteiger partial charge on any atom is -0.330 e. The molecule has 1 fully saturated rings. The molecule has 6 nitrogen and oxygen atoms in total. The summed E-state index contributed by atoms with van der Waals surface area (Å²) in [6.07, 6.45) is 4.33. The molecule has 28 heavy (non-hydrogen) atoms. The summed E-state index contributed by atoms with van der Waals surface area (Å²) < 4.78 is 0. The molecule has 4 N–H and O–H groups in total.